The first-order valence-corrected chi connectivity index (χ1v) is 4.41. The van der Waals surface area contributed by atoms with E-state index < -0.39 is 6.10 Å². The van der Waals surface area contributed by atoms with Crippen molar-refractivity contribution in [2.75, 3.05) is 20.3 Å². The van der Waals surface area contributed by atoms with E-state index >= 15 is 0 Å². The lowest BCUT2D eigenvalue weighted by atomic mass is 10.3. The summed E-state index contributed by atoms with van der Waals surface area (Å²) in [5, 5.41) is 9.15. The number of ether oxygens (including phenoxy) is 2. The Bertz CT molecular complexity index is 261. The van der Waals surface area contributed by atoms with Gasteiger partial charge in [0.15, 0.2) is 0 Å². The highest BCUT2D eigenvalue weighted by Crippen LogP contribution is 2.16. The lowest BCUT2D eigenvalue weighted by Crippen LogP contribution is -2.26. The van der Waals surface area contributed by atoms with Gasteiger partial charge in [0, 0.05) is 6.54 Å². The van der Waals surface area contributed by atoms with Crippen LogP contribution >= 0.6 is 0 Å². The molecule has 1 aromatic carbocycles. The maximum Gasteiger partial charge on any atom is 0.119 e. The number of hydrogen-bond donors (Lipinski definition) is 2. The van der Waals surface area contributed by atoms with Gasteiger partial charge in [0.05, 0.1) is 7.11 Å². The molecular formula is C10H15NO3. The molecule has 0 unspecified atom stereocenters. The Balaban J connectivity index is 2.43. The van der Waals surface area contributed by atoms with Crippen LogP contribution in [0.4, 0.5) is 0 Å². The topological polar surface area (TPSA) is 64.7 Å². The second kappa shape index (κ2) is 5.47. The molecule has 3 N–H and O–H groups in total. The van der Waals surface area contributed by atoms with Crippen molar-refractivity contribution in [2.24, 2.45) is 5.73 Å². The molecule has 0 amide bonds. The molecule has 0 radical (unpaired) electrons. The van der Waals surface area contributed by atoms with Gasteiger partial charge in [-0.2, -0.15) is 0 Å². The normalized spacial score (nSPS) is 12.2. The summed E-state index contributed by atoms with van der Waals surface area (Å²) >= 11 is 0. The van der Waals surface area contributed by atoms with Crippen LogP contribution in [0.1, 0.15) is 0 Å². The molecule has 0 bridgehead atoms. The fraction of sp³-hybridized carbons (Fsp3) is 0.400. The van der Waals surface area contributed by atoms with Crippen LogP contribution < -0.4 is 15.2 Å². The average Bonchev–Trinajstić information content (AvgIpc) is 2.26. The molecular weight excluding hydrogens is 182 g/mol. The predicted molar refractivity (Wildman–Crippen MR) is 53.6 cm³/mol. The van der Waals surface area contributed by atoms with E-state index in [0.29, 0.717) is 5.75 Å². The summed E-state index contributed by atoms with van der Waals surface area (Å²) < 4.78 is 10.3. The number of aliphatic hydroxyl groups excluding tert-OH is 1. The molecule has 1 aromatic rings. The van der Waals surface area contributed by atoms with E-state index in [1.807, 2.05) is 0 Å². The number of rotatable bonds is 5. The molecule has 1 atom stereocenters. The maximum absolute atomic E-state index is 9.15. The van der Waals surface area contributed by atoms with Crippen LogP contribution in [0.5, 0.6) is 11.5 Å². The maximum atomic E-state index is 9.15. The highest BCUT2D eigenvalue weighted by atomic mass is 16.5. The summed E-state index contributed by atoms with van der Waals surface area (Å²) in [5.41, 5.74) is 5.23. The van der Waals surface area contributed by atoms with Gasteiger partial charge in [-0.15, -0.1) is 0 Å². The van der Waals surface area contributed by atoms with Gasteiger partial charge in [-0.3, -0.25) is 0 Å². The zero-order valence-electron chi connectivity index (χ0n) is 8.14. The van der Waals surface area contributed by atoms with Crippen molar-refractivity contribution >= 4 is 0 Å². The van der Waals surface area contributed by atoms with E-state index in [1.165, 1.54) is 0 Å². The lowest BCUT2D eigenvalue weighted by molar-refractivity contribution is 0.114. The SMILES string of the molecule is COc1ccc(OC[C@H](O)CN)cc1. The minimum atomic E-state index is -0.614. The molecule has 0 aromatic heterocycles. The van der Waals surface area contributed by atoms with E-state index in [0.717, 1.165) is 5.75 Å². The van der Waals surface area contributed by atoms with Crippen molar-refractivity contribution in [1.29, 1.82) is 0 Å². The zero-order valence-corrected chi connectivity index (χ0v) is 8.14. The molecule has 4 heteroatoms. The number of aliphatic hydroxyl groups is 1. The quantitative estimate of drug-likeness (QED) is 0.716. The number of benzene rings is 1. The largest absolute Gasteiger partial charge is 0.497 e. The molecule has 14 heavy (non-hydrogen) atoms. The summed E-state index contributed by atoms with van der Waals surface area (Å²) in [6.45, 7) is 0.416. The molecule has 0 aliphatic heterocycles. The Kier molecular flexibility index (Phi) is 4.22. The fourth-order valence-corrected chi connectivity index (χ4v) is 0.932. The van der Waals surface area contributed by atoms with Gasteiger partial charge in [0.2, 0.25) is 0 Å². The smallest absolute Gasteiger partial charge is 0.119 e. The minimum absolute atomic E-state index is 0.205. The molecule has 0 spiro atoms. The molecule has 0 aliphatic rings. The third-order valence-corrected chi connectivity index (χ3v) is 1.77. The first kappa shape index (κ1) is 10.8. The van der Waals surface area contributed by atoms with Crippen molar-refractivity contribution in [3.8, 4) is 11.5 Å². The zero-order chi connectivity index (χ0) is 10.4. The average molecular weight is 197 g/mol. The van der Waals surface area contributed by atoms with Gasteiger partial charge in [0.1, 0.15) is 24.2 Å². The Morgan fingerprint density at radius 2 is 1.86 bits per heavy atom. The van der Waals surface area contributed by atoms with Gasteiger partial charge >= 0.3 is 0 Å². The van der Waals surface area contributed by atoms with Crippen molar-refractivity contribution in [1.82, 2.24) is 0 Å². The first-order chi connectivity index (χ1) is 6.76. The van der Waals surface area contributed by atoms with Crippen LogP contribution in [0.15, 0.2) is 24.3 Å². The Labute approximate surface area is 83.3 Å². The molecule has 0 saturated carbocycles. The summed E-state index contributed by atoms with van der Waals surface area (Å²) in [6.07, 6.45) is -0.614. The third kappa shape index (κ3) is 3.24. The molecule has 1 rings (SSSR count). The number of hydrogen-bond acceptors (Lipinski definition) is 4. The predicted octanol–water partition coefficient (Wildman–Crippen LogP) is 0.394. The van der Waals surface area contributed by atoms with Crippen molar-refractivity contribution in [3.05, 3.63) is 24.3 Å². The van der Waals surface area contributed by atoms with E-state index in [4.69, 9.17) is 20.3 Å². The first-order valence-electron chi connectivity index (χ1n) is 4.41. The van der Waals surface area contributed by atoms with E-state index in [1.54, 1.807) is 31.4 Å². The van der Waals surface area contributed by atoms with Crippen molar-refractivity contribution < 1.29 is 14.6 Å². The number of nitrogens with two attached hydrogens (primary N) is 1. The molecule has 78 valence electrons. The van der Waals surface area contributed by atoms with Gasteiger partial charge < -0.3 is 20.3 Å². The van der Waals surface area contributed by atoms with E-state index in [9.17, 15) is 0 Å². The minimum Gasteiger partial charge on any atom is -0.497 e. The van der Waals surface area contributed by atoms with Crippen LogP contribution in [0.3, 0.4) is 0 Å². The second-order valence-corrected chi connectivity index (χ2v) is 2.88. The fourth-order valence-electron chi connectivity index (χ4n) is 0.932. The van der Waals surface area contributed by atoms with Crippen LogP contribution in [-0.4, -0.2) is 31.5 Å². The molecule has 4 nitrogen and oxygen atoms in total. The van der Waals surface area contributed by atoms with Crippen LogP contribution in [0.25, 0.3) is 0 Å². The van der Waals surface area contributed by atoms with Gasteiger partial charge in [-0.1, -0.05) is 0 Å². The lowest BCUT2D eigenvalue weighted by Gasteiger charge is -2.10. The van der Waals surface area contributed by atoms with Gasteiger partial charge in [0.25, 0.3) is 0 Å². The van der Waals surface area contributed by atoms with Crippen molar-refractivity contribution in [2.45, 2.75) is 6.10 Å². The summed E-state index contributed by atoms with van der Waals surface area (Å²) in [5.74, 6) is 1.47. The molecule has 0 heterocycles. The monoisotopic (exact) mass is 197 g/mol. The molecule has 0 fully saturated rings. The van der Waals surface area contributed by atoms with Gasteiger partial charge in [-0.05, 0) is 24.3 Å². The number of methoxy groups -OCH3 is 1. The van der Waals surface area contributed by atoms with E-state index in [-0.39, 0.29) is 13.2 Å². The molecule has 0 saturated heterocycles. The van der Waals surface area contributed by atoms with Crippen LogP contribution in [-0.2, 0) is 0 Å². The molecule has 0 aliphatic carbocycles. The summed E-state index contributed by atoms with van der Waals surface area (Å²) in [7, 11) is 1.61. The Hall–Kier alpha value is -1.26. The Morgan fingerprint density at radius 1 is 1.29 bits per heavy atom. The standard InChI is InChI=1S/C10H15NO3/c1-13-9-2-4-10(5-3-9)14-7-8(12)6-11/h2-5,8,12H,6-7,11H2,1H3/t8-/m1/s1. The van der Waals surface area contributed by atoms with Gasteiger partial charge in [-0.25, -0.2) is 0 Å². The second-order valence-electron chi connectivity index (χ2n) is 2.88. The summed E-state index contributed by atoms with van der Waals surface area (Å²) in [6, 6.07) is 7.15. The third-order valence-electron chi connectivity index (χ3n) is 1.77. The highest BCUT2D eigenvalue weighted by Gasteiger charge is 2.01. The summed E-state index contributed by atoms with van der Waals surface area (Å²) in [4.78, 5) is 0. The highest BCUT2D eigenvalue weighted by molar-refractivity contribution is 5.31. The van der Waals surface area contributed by atoms with Crippen LogP contribution in [0, 0.1) is 0 Å². The Morgan fingerprint density at radius 3 is 2.36 bits per heavy atom. The van der Waals surface area contributed by atoms with Crippen LogP contribution in [0.2, 0.25) is 0 Å². The van der Waals surface area contributed by atoms with Crippen molar-refractivity contribution in [3.63, 3.8) is 0 Å². The van der Waals surface area contributed by atoms with E-state index in [2.05, 4.69) is 0 Å².